The monoisotopic (exact) mass is 205 g/mol. The molecule has 2 heteroatoms. The summed E-state index contributed by atoms with van der Waals surface area (Å²) in [6.45, 7) is 4.49. The minimum absolute atomic E-state index is 0.533. The highest BCUT2D eigenvalue weighted by molar-refractivity contribution is 8.03. The van der Waals surface area contributed by atoms with E-state index in [0.29, 0.717) is 11.3 Å². The van der Waals surface area contributed by atoms with E-state index in [1.54, 1.807) is 0 Å². The van der Waals surface area contributed by atoms with Crippen LogP contribution < -0.4 is 5.32 Å². The Hall–Kier alpha value is -0.890. The van der Waals surface area contributed by atoms with E-state index in [1.807, 2.05) is 17.8 Å². The topological polar surface area (TPSA) is 12.0 Å². The van der Waals surface area contributed by atoms with Crippen molar-refractivity contribution in [1.82, 2.24) is 5.32 Å². The molecule has 0 radical (unpaired) electrons. The Morgan fingerprint density at radius 1 is 1.21 bits per heavy atom. The Morgan fingerprint density at radius 3 is 2.50 bits per heavy atom. The SMILES string of the molecule is CC(C)C1NC(c2ccccc2)=CS1. The van der Waals surface area contributed by atoms with E-state index in [9.17, 15) is 0 Å². The molecule has 1 nitrogen and oxygen atoms in total. The van der Waals surface area contributed by atoms with Gasteiger partial charge in [-0.15, -0.1) is 11.8 Å². The predicted octanol–water partition coefficient (Wildman–Crippen LogP) is 3.30. The number of hydrogen-bond donors (Lipinski definition) is 1. The van der Waals surface area contributed by atoms with Crippen LogP contribution in [0.3, 0.4) is 0 Å². The number of hydrogen-bond acceptors (Lipinski definition) is 2. The normalized spacial score (nSPS) is 20.8. The molecule has 74 valence electrons. The van der Waals surface area contributed by atoms with Crippen molar-refractivity contribution in [2.24, 2.45) is 5.92 Å². The Kier molecular flexibility index (Phi) is 2.82. The van der Waals surface area contributed by atoms with Crippen LogP contribution in [0.15, 0.2) is 35.7 Å². The molecule has 0 fully saturated rings. The molecule has 1 N–H and O–H groups in total. The first kappa shape index (κ1) is 9.66. The highest BCUT2D eigenvalue weighted by Gasteiger charge is 2.19. The molecule has 1 aliphatic heterocycles. The van der Waals surface area contributed by atoms with Gasteiger partial charge in [0, 0.05) is 5.70 Å². The predicted molar refractivity (Wildman–Crippen MR) is 63.8 cm³/mol. The van der Waals surface area contributed by atoms with Gasteiger partial charge in [-0.3, -0.25) is 0 Å². The quantitative estimate of drug-likeness (QED) is 0.795. The lowest BCUT2D eigenvalue weighted by Gasteiger charge is -2.16. The van der Waals surface area contributed by atoms with Crippen LogP contribution in [0.2, 0.25) is 0 Å². The summed E-state index contributed by atoms with van der Waals surface area (Å²) in [7, 11) is 0. The Morgan fingerprint density at radius 2 is 1.93 bits per heavy atom. The third-order valence-corrected chi connectivity index (χ3v) is 3.65. The number of nitrogens with one attached hydrogen (secondary N) is 1. The molecule has 0 aromatic heterocycles. The molecule has 0 saturated carbocycles. The van der Waals surface area contributed by atoms with E-state index < -0.39 is 0 Å². The lowest BCUT2D eigenvalue weighted by Crippen LogP contribution is -2.24. The number of thioether (sulfide) groups is 1. The van der Waals surface area contributed by atoms with Gasteiger partial charge in [-0.1, -0.05) is 44.2 Å². The second-order valence-electron chi connectivity index (χ2n) is 3.84. The maximum atomic E-state index is 3.53. The molecule has 14 heavy (non-hydrogen) atoms. The van der Waals surface area contributed by atoms with Gasteiger partial charge in [0.25, 0.3) is 0 Å². The van der Waals surface area contributed by atoms with Crippen LogP contribution in [0.4, 0.5) is 0 Å². The van der Waals surface area contributed by atoms with Crippen LogP contribution in [0.25, 0.3) is 5.70 Å². The van der Waals surface area contributed by atoms with Gasteiger partial charge in [0.05, 0.1) is 5.37 Å². The largest absolute Gasteiger partial charge is 0.372 e. The summed E-state index contributed by atoms with van der Waals surface area (Å²) >= 11 is 1.88. The van der Waals surface area contributed by atoms with E-state index in [4.69, 9.17) is 0 Å². The average molecular weight is 205 g/mol. The molecule has 0 amide bonds. The van der Waals surface area contributed by atoms with Crippen LogP contribution >= 0.6 is 11.8 Å². The minimum atomic E-state index is 0.533. The van der Waals surface area contributed by atoms with Crippen LogP contribution in [0.5, 0.6) is 0 Å². The van der Waals surface area contributed by atoms with Crippen LogP contribution in [0.1, 0.15) is 19.4 Å². The fourth-order valence-corrected chi connectivity index (χ4v) is 2.45. The lowest BCUT2D eigenvalue weighted by atomic mass is 10.1. The molecule has 1 aromatic rings. The molecule has 0 bridgehead atoms. The zero-order chi connectivity index (χ0) is 9.97. The average Bonchev–Trinajstić information content (AvgIpc) is 2.68. The van der Waals surface area contributed by atoms with Crippen molar-refractivity contribution in [2.75, 3.05) is 0 Å². The van der Waals surface area contributed by atoms with Crippen molar-refractivity contribution in [3.8, 4) is 0 Å². The van der Waals surface area contributed by atoms with Crippen molar-refractivity contribution in [2.45, 2.75) is 19.2 Å². The second kappa shape index (κ2) is 4.09. The fourth-order valence-electron chi connectivity index (χ4n) is 1.46. The van der Waals surface area contributed by atoms with Crippen LogP contribution in [0, 0.1) is 5.92 Å². The van der Waals surface area contributed by atoms with Gasteiger partial charge in [-0.05, 0) is 16.9 Å². The summed E-state index contributed by atoms with van der Waals surface area (Å²) in [6.07, 6.45) is 0. The van der Waals surface area contributed by atoms with E-state index >= 15 is 0 Å². The first-order valence-electron chi connectivity index (χ1n) is 4.95. The van der Waals surface area contributed by atoms with Gasteiger partial charge in [-0.25, -0.2) is 0 Å². The summed E-state index contributed by atoms with van der Waals surface area (Å²) in [5.41, 5.74) is 2.54. The van der Waals surface area contributed by atoms with Gasteiger partial charge in [0.1, 0.15) is 0 Å². The lowest BCUT2D eigenvalue weighted by molar-refractivity contribution is 0.582. The summed E-state index contributed by atoms with van der Waals surface area (Å²) < 4.78 is 0. The van der Waals surface area contributed by atoms with Crippen LogP contribution in [-0.4, -0.2) is 5.37 Å². The molecule has 0 spiro atoms. The molecular weight excluding hydrogens is 190 g/mol. The first-order chi connectivity index (χ1) is 6.77. The first-order valence-corrected chi connectivity index (χ1v) is 5.89. The molecular formula is C12H15NS. The maximum Gasteiger partial charge on any atom is 0.0787 e. The molecule has 1 heterocycles. The van der Waals surface area contributed by atoms with Crippen molar-refractivity contribution >= 4 is 17.5 Å². The standard InChI is InChI=1S/C12H15NS/c1-9(2)12-13-11(8-14-12)10-6-4-3-5-7-10/h3-9,12-13H,1-2H3. The van der Waals surface area contributed by atoms with Crippen molar-refractivity contribution in [3.63, 3.8) is 0 Å². The molecule has 1 unspecified atom stereocenters. The molecule has 1 aliphatic rings. The van der Waals surface area contributed by atoms with Gasteiger partial charge >= 0.3 is 0 Å². The van der Waals surface area contributed by atoms with Crippen molar-refractivity contribution < 1.29 is 0 Å². The number of rotatable bonds is 2. The maximum absolute atomic E-state index is 3.53. The Labute approximate surface area is 89.6 Å². The smallest absolute Gasteiger partial charge is 0.0787 e. The summed E-state index contributed by atoms with van der Waals surface area (Å²) in [5.74, 6) is 0.664. The second-order valence-corrected chi connectivity index (χ2v) is 4.86. The molecule has 2 rings (SSSR count). The number of benzene rings is 1. The van der Waals surface area contributed by atoms with E-state index in [-0.39, 0.29) is 0 Å². The fraction of sp³-hybridized carbons (Fsp3) is 0.333. The highest BCUT2D eigenvalue weighted by Crippen LogP contribution is 2.30. The summed E-state index contributed by atoms with van der Waals surface area (Å²) in [6, 6.07) is 10.5. The third-order valence-electron chi connectivity index (χ3n) is 2.32. The third kappa shape index (κ3) is 1.95. The zero-order valence-corrected chi connectivity index (χ0v) is 9.34. The minimum Gasteiger partial charge on any atom is -0.372 e. The summed E-state index contributed by atoms with van der Waals surface area (Å²) in [4.78, 5) is 0. The Bertz CT molecular complexity index is 329. The summed E-state index contributed by atoms with van der Waals surface area (Å²) in [5, 5.41) is 6.29. The molecule has 1 atom stereocenters. The Balaban J connectivity index is 2.09. The van der Waals surface area contributed by atoms with Crippen molar-refractivity contribution in [3.05, 3.63) is 41.3 Å². The van der Waals surface area contributed by atoms with Crippen LogP contribution in [-0.2, 0) is 0 Å². The van der Waals surface area contributed by atoms with Gasteiger partial charge in [-0.2, -0.15) is 0 Å². The highest BCUT2D eigenvalue weighted by atomic mass is 32.2. The van der Waals surface area contributed by atoms with Gasteiger partial charge < -0.3 is 5.32 Å². The molecule has 0 aliphatic carbocycles. The van der Waals surface area contributed by atoms with Gasteiger partial charge in [0.2, 0.25) is 0 Å². The zero-order valence-electron chi connectivity index (χ0n) is 8.53. The van der Waals surface area contributed by atoms with Crippen molar-refractivity contribution in [1.29, 1.82) is 0 Å². The van der Waals surface area contributed by atoms with E-state index in [2.05, 4.69) is 48.8 Å². The van der Waals surface area contributed by atoms with E-state index in [0.717, 1.165) is 0 Å². The van der Waals surface area contributed by atoms with Gasteiger partial charge in [0.15, 0.2) is 0 Å². The molecule has 0 saturated heterocycles. The molecule has 1 aromatic carbocycles. The van der Waals surface area contributed by atoms with E-state index in [1.165, 1.54) is 11.3 Å².